The van der Waals surface area contributed by atoms with E-state index < -0.39 is 23.1 Å². The summed E-state index contributed by atoms with van der Waals surface area (Å²) in [6.45, 7) is 5.23. The van der Waals surface area contributed by atoms with Crippen molar-refractivity contribution in [2.24, 2.45) is 0 Å². The van der Waals surface area contributed by atoms with Crippen LogP contribution in [0.5, 0.6) is 0 Å². The van der Waals surface area contributed by atoms with Crippen LogP contribution < -0.4 is 0 Å². The number of fused-ring (bicyclic) bond motifs is 1. The van der Waals surface area contributed by atoms with Gasteiger partial charge in [0.25, 0.3) is 0 Å². The molecule has 5 nitrogen and oxygen atoms in total. The van der Waals surface area contributed by atoms with Crippen molar-refractivity contribution in [2.45, 2.75) is 38.4 Å². The number of rotatable bonds is 4. The summed E-state index contributed by atoms with van der Waals surface area (Å²) in [5.74, 6) is -1.29. The lowest BCUT2D eigenvalue weighted by molar-refractivity contribution is -0.177. The Kier molecular flexibility index (Phi) is 5.06. The van der Waals surface area contributed by atoms with Gasteiger partial charge in [0.05, 0.1) is 11.6 Å². The summed E-state index contributed by atoms with van der Waals surface area (Å²) in [6.07, 6.45) is 1.58. The van der Waals surface area contributed by atoms with E-state index in [9.17, 15) is 14.9 Å². The maximum Gasteiger partial charge on any atom is 0.356 e. The van der Waals surface area contributed by atoms with Crippen LogP contribution in [0.1, 0.15) is 48.7 Å². The number of benzene rings is 2. The second-order valence-corrected chi connectivity index (χ2v) is 7.63. The van der Waals surface area contributed by atoms with E-state index in [2.05, 4.69) is 6.07 Å². The highest BCUT2D eigenvalue weighted by Crippen LogP contribution is 2.43. The molecule has 0 aliphatic carbocycles. The average molecular weight is 375 g/mol. The maximum atomic E-state index is 13.2. The quantitative estimate of drug-likeness (QED) is 0.585. The summed E-state index contributed by atoms with van der Waals surface area (Å²) in [5.41, 5.74) is -0.604. The molecule has 1 aliphatic heterocycles. The largest absolute Gasteiger partial charge is 0.457 e. The fourth-order valence-electron chi connectivity index (χ4n) is 3.14. The predicted molar refractivity (Wildman–Crippen MR) is 104 cm³/mol. The van der Waals surface area contributed by atoms with Crippen molar-refractivity contribution in [3.63, 3.8) is 0 Å². The summed E-state index contributed by atoms with van der Waals surface area (Å²) in [6, 6.07) is 18.1. The molecule has 0 unspecified atom stereocenters. The molecule has 2 aromatic rings. The van der Waals surface area contributed by atoms with Gasteiger partial charge in [-0.2, -0.15) is 5.26 Å². The van der Waals surface area contributed by atoms with E-state index in [-0.39, 0.29) is 6.42 Å². The van der Waals surface area contributed by atoms with Crippen molar-refractivity contribution in [3.05, 3.63) is 76.9 Å². The summed E-state index contributed by atoms with van der Waals surface area (Å²) in [5, 5.41) is 9.68. The zero-order valence-corrected chi connectivity index (χ0v) is 16.1. The molecule has 0 spiro atoms. The Morgan fingerprint density at radius 3 is 2.43 bits per heavy atom. The van der Waals surface area contributed by atoms with Crippen LogP contribution in [-0.2, 0) is 19.9 Å². The van der Waals surface area contributed by atoms with Crippen molar-refractivity contribution in [2.75, 3.05) is 0 Å². The van der Waals surface area contributed by atoms with Crippen LogP contribution in [0.3, 0.4) is 0 Å². The molecular formula is C23H21NO4. The normalized spacial score (nSPS) is 18.8. The molecule has 3 rings (SSSR count). The van der Waals surface area contributed by atoms with Crippen LogP contribution in [0.15, 0.2) is 60.2 Å². The van der Waals surface area contributed by atoms with Crippen LogP contribution in [-0.4, -0.2) is 17.5 Å². The number of carbonyl (C=O) groups excluding carboxylic acids is 2. The third-order valence-electron chi connectivity index (χ3n) is 4.30. The van der Waals surface area contributed by atoms with E-state index in [0.29, 0.717) is 16.7 Å². The zero-order valence-electron chi connectivity index (χ0n) is 16.1. The summed E-state index contributed by atoms with van der Waals surface area (Å²) >= 11 is 0. The number of nitrogens with zero attached hydrogens (tertiary/aromatic N) is 1. The molecule has 0 saturated heterocycles. The third-order valence-corrected chi connectivity index (χ3v) is 4.30. The van der Waals surface area contributed by atoms with E-state index in [0.717, 1.165) is 5.56 Å². The second-order valence-electron chi connectivity index (χ2n) is 7.63. The minimum Gasteiger partial charge on any atom is -0.457 e. The lowest BCUT2D eigenvalue weighted by Crippen LogP contribution is -2.42. The molecule has 5 heteroatoms. The van der Waals surface area contributed by atoms with Gasteiger partial charge in [-0.25, -0.2) is 9.59 Å². The van der Waals surface area contributed by atoms with Gasteiger partial charge in [0.15, 0.2) is 0 Å². The highest BCUT2D eigenvalue weighted by Gasteiger charge is 2.54. The Morgan fingerprint density at radius 2 is 1.79 bits per heavy atom. The SMILES string of the molecule is CC(C)(C)OC(=O)[C@@]1(C/C(C#N)=C/c2ccccc2)OC(=O)c2ccccc21. The number of carbonyl (C=O) groups is 2. The molecule has 0 fully saturated rings. The third kappa shape index (κ3) is 3.81. The van der Waals surface area contributed by atoms with E-state index >= 15 is 0 Å². The number of hydrogen-bond donors (Lipinski definition) is 0. The molecular weight excluding hydrogens is 354 g/mol. The molecule has 142 valence electrons. The van der Waals surface area contributed by atoms with Crippen LogP contribution >= 0.6 is 0 Å². The summed E-state index contributed by atoms with van der Waals surface area (Å²) < 4.78 is 11.2. The van der Waals surface area contributed by atoms with Gasteiger partial charge in [-0.05, 0) is 38.5 Å². The number of esters is 2. The molecule has 0 bridgehead atoms. The Bertz CT molecular complexity index is 980. The van der Waals surface area contributed by atoms with Crippen molar-refractivity contribution in [3.8, 4) is 6.07 Å². The van der Waals surface area contributed by atoms with E-state index in [1.807, 2.05) is 30.3 Å². The molecule has 1 aliphatic rings. The smallest absolute Gasteiger partial charge is 0.356 e. The monoisotopic (exact) mass is 375 g/mol. The Morgan fingerprint density at radius 1 is 1.14 bits per heavy atom. The zero-order chi connectivity index (χ0) is 20.4. The van der Waals surface area contributed by atoms with Crippen molar-refractivity contribution >= 4 is 18.0 Å². The van der Waals surface area contributed by atoms with Crippen molar-refractivity contribution in [1.29, 1.82) is 5.26 Å². The van der Waals surface area contributed by atoms with Crippen LogP contribution in [0.4, 0.5) is 0 Å². The predicted octanol–water partition coefficient (Wildman–Crippen LogP) is 4.39. The van der Waals surface area contributed by atoms with Gasteiger partial charge < -0.3 is 9.47 Å². The molecule has 0 aromatic heterocycles. The summed E-state index contributed by atoms with van der Waals surface area (Å²) in [7, 11) is 0. The molecule has 0 saturated carbocycles. The van der Waals surface area contributed by atoms with Crippen molar-refractivity contribution < 1.29 is 19.1 Å². The standard InChI is InChI=1S/C23H21NO4/c1-22(2,3)28-21(26)23(19-12-8-7-11-18(19)20(25)27-23)14-17(15-24)13-16-9-5-4-6-10-16/h4-13H,14H2,1-3H3/b17-13-/t23-/m0/s1. The first kappa shape index (κ1) is 19.4. The van der Waals surface area contributed by atoms with E-state index in [4.69, 9.17) is 9.47 Å². The van der Waals surface area contributed by atoms with Gasteiger partial charge in [0.2, 0.25) is 5.60 Å². The minimum atomic E-state index is -1.68. The Labute approximate surface area is 164 Å². The van der Waals surface area contributed by atoms with Gasteiger partial charge in [-0.1, -0.05) is 48.5 Å². The number of nitriles is 1. The fraction of sp³-hybridized carbons (Fsp3) is 0.261. The number of hydrogen-bond acceptors (Lipinski definition) is 5. The average Bonchev–Trinajstić information content (AvgIpc) is 2.94. The highest BCUT2D eigenvalue weighted by atomic mass is 16.6. The lowest BCUT2D eigenvalue weighted by Gasteiger charge is -2.30. The lowest BCUT2D eigenvalue weighted by atomic mass is 9.85. The van der Waals surface area contributed by atoms with E-state index in [1.165, 1.54) is 0 Å². The summed E-state index contributed by atoms with van der Waals surface area (Å²) in [4.78, 5) is 25.6. The highest BCUT2D eigenvalue weighted by molar-refractivity contribution is 6.01. The molecule has 1 atom stereocenters. The van der Waals surface area contributed by atoms with E-state index in [1.54, 1.807) is 51.1 Å². The Balaban J connectivity index is 2.08. The molecule has 0 radical (unpaired) electrons. The minimum absolute atomic E-state index is 0.101. The number of cyclic esters (lactones) is 1. The molecule has 1 heterocycles. The fourth-order valence-corrected chi connectivity index (χ4v) is 3.14. The first-order valence-corrected chi connectivity index (χ1v) is 8.97. The Hall–Kier alpha value is -3.39. The topological polar surface area (TPSA) is 76.4 Å². The molecule has 2 aromatic carbocycles. The van der Waals surface area contributed by atoms with Gasteiger partial charge in [-0.3, -0.25) is 0 Å². The van der Waals surface area contributed by atoms with Gasteiger partial charge in [0, 0.05) is 17.6 Å². The van der Waals surface area contributed by atoms with Crippen LogP contribution in [0.2, 0.25) is 0 Å². The number of ether oxygens (including phenoxy) is 2. The first-order valence-electron chi connectivity index (χ1n) is 8.97. The molecule has 28 heavy (non-hydrogen) atoms. The molecule has 0 amide bonds. The first-order chi connectivity index (χ1) is 13.2. The maximum absolute atomic E-state index is 13.2. The van der Waals surface area contributed by atoms with Crippen molar-refractivity contribution in [1.82, 2.24) is 0 Å². The van der Waals surface area contributed by atoms with Gasteiger partial charge >= 0.3 is 11.9 Å². The van der Waals surface area contributed by atoms with Crippen LogP contribution in [0.25, 0.3) is 6.08 Å². The van der Waals surface area contributed by atoms with Crippen LogP contribution in [0, 0.1) is 11.3 Å². The second kappa shape index (κ2) is 7.32. The van der Waals surface area contributed by atoms with Gasteiger partial charge in [-0.15, -0.1) is 0 Å². The van der Waals surface area contributed by atoms with Gasteiger partial charge in [0.1, 0.15) is 5.60 Å². The molecule has 0 N–H and O–H groups in total.